The van der Waals surface area contributed by atoms with Crippen molar-refractivity contribution in [1.29, 1.82) is 0 Å². The number of carbonyl (C=O) groups is 1. The first-order chi connectivity index (χ1) is 8.59. The fourth-order valence-electron chi connectivity index (χ4n) is 1.68. The van der Waals surface area contributed by atoms with Gasteiger partial charge in [-0.3, -0.25) is 14.7 Å². The zero-order valence-corrected chi connectivity index (χ0v) is 12.6. The summed E-state index contributed by atoms with van der Waals surface area (Å²) in [6.07, 6.45) is 0.167. The molecule has 1 saturated heterocycles. The molecule has 0 radical (unpaired) electrons. The van der Waals surface area contributed by atoms with E-state index in [1.54, 1.807) is 4.90 Å². The first-order valence-electron chi connectivity index (χ1n) is 5.65. The summed E-state index contributed by atoms with van der Waals surface area (Å²) in [6.45, 7) is 8.30. The molecule has 0 unspecified atom stereocenters. The van der Waals surface area contributed by atoms with Gasteiger partial charge in [0, 0.05) is 7.05 Å². The molecule has 1 fully saturated rings. The van der Waals surface area contributed by atoms with Crippen molar-refractivity contribution in [2.24, 2.45) is 5.41 Å². The smallest absolute Gasteiger partial charge is 0.328 e. The lowest BCUT2D eigenvalue weighted by molar-refractivity contribution is -0.129. The molecule has 2 N–H and O–H groups in total. The Morgan fingerprint density at radius 3 is 1.70 bits per heavy atom. The number of hydrogen-bond donors (Lipinski definition) is 2. The van der Waals surface area contributed by atoms with Crippen molar-refractivity contribution in [1.82, 2.24) is 10.2 Å². The van der Waals surface area contributed by atoms with Gasteiger partial charge in [0.1, 0.15) is 0 Å². The van der Waals surface area contributed by atoms with Crippen molar-refractivity contribution < 1.29 is 30.9 Å². The molecule has 0 saturated carbocycles. The van der Waals surface area contributed by atoms with Crippen LogP contribution >= 0.6 is 0 Å². The predicted octanol–water partition coefficient (Wildman–Crippen LogP) is 1.20. The van der Waals surface area contributed by atoms with Crippen LogP contribution in [0.3, 0.4) is 0 Å². The van der Waals surface area contributed by atoms with Crippen molar-refractivity contribution in [2.75, 3.05) is 7.05 Å². The van der Waals surface area contributed by atoms with E-state index in [0.717, 1.165) is 0 Å². The summed E-state index contributed by atoms with van der Waals surface area (Å²) in [5.74, 6) is 0.190. The Kier molecular flexibility index (Phi) is 5.61. The van der Waals surface area contributed by atoms with Crippen LogP contribution in [0, 0.1) is 5.41 Å². The van der Waals surface area contributed by atoms with Crippen LogP contribution in [0.2, 0.25) is 0 Å². The molecule has 6 nitrogen and oxygen atoms in total. The van der Waals surface area contributed by atoms with E-state index in [4.69, 9.17) is 13.0 Å². The van der Waals surface area contributed by atoms with Gasteiger partial charge in [-0.05, 0) is 12.3 Å². The number of nitrogens with one attached hydrogen (secondary N) is 1. The molecule has 1 amide bonds. The topological polar surface area (TPSA) is 86.7 Å². The van der Waals surface area contributed by atoms with Gasteiger partial charge in [-0.25, -0.2) is 0 Å². The molecule has 2 atom stereocenters. The zero-order chi connectivity index (χ0) is 16.5. The number of alkyl halides is 3. The van der Waals surface area contributed by atoms with Crippen LogP contribution < -0.4 is 5.32 Å². The largest absolute Gasteiger partial charge is 0.522 e. The lowest BCUT2D eigenvalue weighted by atomic mass is 9.92. The lowest BCUT2D eigenvalue weighted by Crippen LogP contribution is -2.45. The third-order valence-corrected chi connectivity index (χ3v) is 3.21. The highest BCUT2D eigenvalue weighted by molar-refractivity contribution is 7.86. The van der Waals surface area contributed by atoms with Crippen LogP contribution in [0.4, 0.5) is 13.2 Å². The van der Waals surface area contributed by atoms with E-state index in [9.17, 15) is 18.0 Å². The van der Waals surface area contributed by atoms with Crippen LogP contribution in [-0.4, -0.2) is 48.5 Å². The molecule has 10 heteroatoms. The summed E-state index contributed by atoms with van der Waals surface area (Å²) in [6, 6.07) is -0.0285. The third-order valence-electron chi connectivity index (χ3n) is 2.63. The molecule has 0 aromatic rings. The second-order valence-electron chi connectivity index (χ2n) is 5.53. The summed E-state index contributed by atoms with van der Waals surface area (Å²) < 4.78 is 57.5. The van der Waals surface area contributed by atoms with Crippen molar-refractivity contribution in [3.63, 3.8) is 0 Å². The van der Waals surface area contributed by atoms with E-state index in [-0.39, 0.29) is 23.5 Å². The zero-order valence-electron chi connectivity index (χ0n) is 11.8. The summed E-state index contributed by atoms with van der Waals surface area (Å²) in [7, 11) is -3.98. The average molecular weight is 320 g/mol. The second kappa shape index (κ2) is 5.86. The summed E-state index contributed by atoms with van der Waals surface area (Å²) in [5, 5.41) is 3.27. The molecule has 1 aliphatic heterocycles. The van der Waals surface area contributed by atoms with Gasteiger partial charge in [0.15, 0.2) is 0 Å². The molecule has 1 aliphatic rings. The molecule has 120 valence electrons. The molecule has 0 aromatic heterocycles. The van der Waals surface area contributed by atoms with Gasteiger partial charge < -0.3 is 4.90 Å². The van der Waals surface area contributed by atoms with Gasteiger partial charge in [0.2, 0.25) is 5.91 Å². The molecular weight excluding hydrogens is 301 g/mol. The Morgan fingerprint density at radius 1 is 1.25 bits per heavy atom. The van der Waals surface area contributed by atoms with E-state index in [0.29, 0.717) is 0 Å². The summed E-state index contributed by atoms with van der Waals surface area (Å²) in [4.78, 5) is 13.2. The minimum Gasteiger partial charge on any atom is -0.328 e. The Labute approximate surface area is 116 Å². The predicted molar refractivity (Wildman–Crippen MR) is 66.2 cm³/mol. The van der Waals surface area contributed by atoms with Crippen molar-refractivity contribution >= 4 is 16.0 Å². The van der Waals surface area contributed by atoms with Gasteiger partial charge in [-0.2, -0.15) is 21.6 Å². The van der Waals surface area contributed by atoms with E-state index in [1.165, 1.54) is 0 Å². The number of rotatable bonds is 0. The maximum absolute atomic E-state index is 11.4. The number of amides is 1. The lowest BCUT2D eigenvalue weighted by Gasteiger charge is -2.32. The molecular formula is C10H19F3N2O4S. The molecule has 0 spiro atoms. The quantitative estimate of drug-likeness (QED) is 0.517. The Bertz CT molecular complexity index is 456. The van der Waals surface area contributed by atoms with E-state index in [2.05, 4.69) is 26.1 Å². The van der Waals surface area contributed by atoms with Crippen LogP contribution in [0.25, 0.3) is 0 Å². The standard InChI is InChI=1S/C9H18N2O.CHF3O3S/c1-6-7(12)11(5)8(10-6)9(2,3)4;2-1(3,4)8(5,6)7/h6,8,10H,1-5H3;(H,5,6,7)/t6-,8+;/m1./s1. The highest BCUT2D eigenvalue weighted by Gasteiger charge is 2.44. The van der Waals surface area contributed by atoms with Crippen molar-refractivity contribution in [3.8, 4) is 0 Å². The van der Waals surface area contributed by atoms with Gasteiger partial charge in [-0.15, -0.1) is 0 Å². The average Bonchev–Trinajstić information content (AvgIpc) is 2.43. The molecule has 0 aromatic carbocycles. The Morgan fingerprint density at radius 2 is 1.60 bits per heavy atom. The maximum atomic E-state index is 11.4. The normalized spacial score (nSPS) is 24.4. The van der Waals surface area contributed by atoms with Crippen LogP contribution in [0.5, 0.6) is 0 Å². The highest BCUT2D eigenvalue weighted by atomic mass is 32.2. The molecule has 0 bridgehead atoms. The molecule has 0 aliphatic carbocycles. The van der Waals surface area contributed by atoms with Crippen LogP contribution in [0.1, 0.15) is 27.7 Å². The van der Waals surface area contributed by atoms with E-state index in [1.807, 2.05) is 14.0 Å². The number of halogens is 3. The number of carbonyl (C=O) groups excluding carboxylic acids is 1. The summed E-state index contributed by atoms with van der Waals surface area (Å²) >= 11 is 0. The van der Waals surface area contributed by atoms with Gasteiger partial charge >= 0.3 is 15.6 Å². The first kappa shape index (κ1) is 19.1. The third kappa shape index (κ3) is 4.91. The second-order valence-corrected chi connectivity index (χ2v) is 6.94. The minimum atomic E-state index is -5.84. The highest BCUT2D eigenvalue weighted by Crippen LogP contribution is 2.25. The molecule has 20 heavy (non-hydrogen) atoms. The summed E-state index contributed by atoms with van der Waals surface area (Å²) in [5.41, 5.74) is -5.43. The maximum Gasteiger partial charge on any atom is 0.522 e. The number of nitrogens with zero attached hydrogens (tertiary/aromatic N) is 1. The Balaban J connectivity index is 0.000000396. The van der Waals surface area contributed by atoms with E-state index >= 15 is 0 Å². The van der Waals surface area contributed by atoms with E-state index < -0.39 is 15.6 Å². The van der Waals surface area contributed by atoms with Crippen molar-refractivity contribution in [2.45, 2.75) is 45.4 Å². The monoisotopic (exact) mass is 320 g/mol. The Hall–Kier alpha value is -0.870. The fraction of sp³-hybridized carbons (Fsp3) is 0.900. The van der Waals surface area contributed by atoms with Crippen molar-refractivity contribution in [3.05, 3.63) is 0 Å². The number of hydrogen-bond acceptors (Lipinski definition) is 4. The fourth-order valence-corrected chi connectivity index (χ4v) is 1.68. The van der Waals surface area contributed by atoms with Crippen LogP contribution in [0.15, 0.2) is 0 Å². The minimum absolute atomic E-state index is 0.0285. The SMILES string of the molecule is C[C@H]1N[C@H](C(C)(C)C)N(C)C1=O.O=S(=O)(O)C(F)(F)F. The van der Waals surface area contributed by atoms with Gasteiger partial charge in [0.25, 0.3) is 0 Å². The molecule has 1 rings (SSSR count). The molecule has 1 heterocycles. The first-order valence-corrected chi connectivity index (χ1v) is 7.09. The number of likely N-dealkylation sites (N-methyl/N-ethyl adjacent to an activating group) is 1. The van der Waals surface area contributed by atoms with Gasteiger partial charge in [0.05, 0.1) is 12.2 Å². The van der Waals surface area contributed by atoms with Gasteiger partial charge in [-0.1, -0.05) is 20.8 Å². The van der Waals surface area contributed by atoms with Crippen LogP contribution in [-0.2, 0) is 14.9 Å².